The van der Waals surface area contributed by atoms with Gasteiger partial charge in [-0.2, -0.15) is 5.10 Å². The fourth-order valence-corrected chi connectivity index (χ4v) is 3.44. The van der Waals surface area contributed by atoms with Gasteiger partial charge in [0, 0.05) is 10.5 Å². The Labute approximate surface area is 116 Å². The van der Waals surface area contributed by atoms with Crippen molar-refractivity contribution in [2.75, 3.05) is 4.72 Å². The molecule has 0 fully saturated rings. The molecular weight excluding hydrogens is 346 g/mol. The van der Waals surface area contributed by atoms with Crippen LogP contribution >= 0.6 is 27.5 Å². The number of halogens is 2. The van der Waals surface area contributed by atoms with Crippen LogP contribution in [0.25, 0.3) is 0 Å². The van der Waals surface area contributed by atoms with Crippen molar-refractivity contribution in [3.05, 3.63) is 33.9 Å². The van der Waals surface area contributed by atoms with E-state index in [4.69, 9.17) is 11.6 Å². The molecule has 3 N–H and O–H groups in total. The van der Waals surface area contributed by atoms with Crippen LogP contribution in [0.5, 0.6) is 5.75 Å². The second-order valence-electron chi connectivity index (χ2n) is 3.31. The number of aromatic nitrogens is 2. The van der Waals surface area contributed by atoms with Gasteiger partial charge in [0.05, 0.1) is 11.2 Å². The first-order chi connectivity index (χ1) is 8.40. The molecule has 0 aliphatic rings. The van der Waals surface area contributed by atoms with E-state index in [1.165, 1.54) is 24.4 Å². The van der Waals surface area contributed by atoms with Crippen molar-refractivity contribution in [1.29, 1.82) is 0 Å². The van der Waals surface area contributed by atoms with Gasteiger partial charge in [0.1, 0.15) is 10.7 Å². The van der Waals surface area contributed by atoms with Crippen LogP contribution in [0.15, 0.2) is 33.8 Å². The molecule has 1 aromatic heterocycles. The van der Waals surface area contributed by atoms with Crippen molar-refractivity contribution in [2.45, 2.75) is 4.90 Å². The maximum absolute atomic E-state index is 12.0. The number of hydrogen-bond acceptors (Lipinski definition) is 4. The lowest BCUT2D eigenvalue weighted by Crippen LogP contribution is -2.13. The Bertz CT molecular complexity index is 673. The van der Waals surface area contributed by atoms with E-state index in [1.54, 1.807) is 0 Å². The Kier molecular flexibility index (Phi) is 3.51. The molecule has 0 spiro atoms. The highest BCUT2D eigenvalue weighted by Crippen LogP contribution is 2.34. The predicted octanol–water partition coefficient (Wildman–Crippen LogP) is 2.33. The highest BCUT2D eigenvalue weighted by Gasteiger charge is 2.22. The van der Waals surface area contributed by atoms with Gasteiger partial charge in [-0.25, -0.2) is 8.42 Å². The smallest absolute Gasteiger partial charge is 0.266 e. The van der Waals surface area contributed by atoms with Crippen molar-refractivity contribution >= 4 is 43.4 Å². The van der Waals surface area contributed by atoms with E-state index in [0.717, 1.165) is 0 Å². The lowest BCUT2D eigenvalue weighted by Gasteiger charge is -2.09. The molecule has 0 aliphatic heterocycles. The number of benzene rings is 1. The molecular formula is C9H7BrClN3O3S. The maximum atomic E-state index is 12.0. The fourth-order valence-electron chi connectivity index (χ4n) is 1.26. The van der Waals surface area contributed by atoms with Gasteiger partial charge in [-0.3, -0.25) is 9.82 Å². The summed E-state index contributed by atoms with van der Waals surface area (Å²) in [5, 5.41) is 15.7. The number of nitrogens with one attached hydrogen (secondary N) is 2. The summed E-state index contributed by atoms with van der Waals surface area (Å²) < 4.78 is 26.7. The van der Waals surface area contributed by atoms with Gasteiger partial charge < -0.3 is 5.11 Å². The number of nitrogens with zero attached hydrogens (tertiary/aromatic N) is 1. The number of hydrogen-bond donors (Lipinski definition) is 3. The third kappa shape index (κ3) is 2.60. The molecule has 6 nitrogen and oxygen atoms in total. The second-order valence-corrected chi connectivity index (χ2v) is 6.28. The van der Waals surface area contributed by atoms with E-state index in [2.05, 4.69) is 30.8 Å². The topological polar surface area (TPSA) is 95.1 Å². The molecule has 1 heterocycles. The minimum absolute atomic E-state index is 0.0608. The van der Waals surface area contributed by atoms with Gasteiger partial charge >= 0.3 is 0 Å². The zero-order valence-electron chi connectivity index (χ0n) is 8.68. The van der Waals surface area contributed by atoms with Gasteiger partial charge in [0.15, 0.2) is 5.75 Å². The molecule has 0 radical (unpaired) electrons. The average Bonchev–Trinajstić information content (AvgIpc) is 2.75. The Balaban J connectivity index is 2.48. The second kappa shape index (κ2) is 4.79. The van der Waals surface area contributed by atoms with Gasteiger partial charge in [-0.15, -0.1) is 0 Å². The lowest BCUT2D eigenvalue weighted by molar-refractivity contribution is 0.459. The van der Waals surface area contributed by atoms with E-state index in [0.29, 0.717) is 4.47 Å². The molecule has 2 rings (SSSR count). The minimum atomic E-state index is -3.94. The Hall–Kier alpha value is -1.25. The van der Waals surface area contributed by atoms with Crippen LogP contribution in [0, 0.1) is 0 Å². The van der Waals surface area contributed by atoms with E-state index in [-0.39, 0.29) is 15.7 Å². The highest BCUT2D eigenvalue weighted by atomic mass is 79.9. The number of aromatic amines is 1. The summed E-state index contributed by atoms with van der Waals surface area (Å²) in [6.07, 6.45) is 1.39. The first kappa shape index (κ1) is 13.2. The summed E-state index contributed by atoms with van der Waals surface area (Å²) in [7, 11) is -3.94. The lowest BCUT2D eigenvalue weighted by atomic mass is 10.3. The largest absolute Gasteiger partial charge is 0.505 e. The third-order valence-corrected chi connectivity index (χ3v) is 4.15. The first-order valence-corrected chi connectivity index (χ1v) is 7.26. The normalized spacial score (nSPS) is 11.4. The summed E-state index contributed by atoms with van der Waals surface area (Å²) in [5.41, 5.74) is 0. The zero-order chi connectivity index (χ0) is 13.3. The van der Waals surface area contributed by atoms with Crippen LogP contribution in [0.2, 0.25) is 5.02 Å². The van der Waals surface area contributed by atoms with Gasteiger partial charge in [-0.05, 0) is 12.1 Å². The van der Waals surface area contributed by atoms with Crippen LogP contribution in [-0.4, -0.2) is 23.7 Å². The van der Waals surface area contributed by atoms with Gasteiger partial charge in [0.25, 0.3) is 10.0 Å². The summed E-state index contributed by atoms with van der Waals surface area (Å²) in [4.78, 5) is -0.323. The number of rotatable bonds is 3. The number of anilines is 1. The molecule has 18 heavy (non-hydrogen) atoms. The zero-order valence-corrected chi connectivity index (χ0v) is 11.8. The van der Waals surface area contributed by atoms with Crippen molar-refractivity contribution < 1.29 is 13.5 Å². The standard InChI is InChI=1S/C9H7BrClN3O3S/c10-5-3-6(11)9(15)7(4-5)18(16,17)14-8-1-2-12-13-8/h1-4,15H,(H2,12,13,14). The minimum Gasteiger partial charge on any atom is -0.505 e. The van der Waals surface area contributed by atoms with E-state index in [1.807, 2.05) is 0 Å². The molecule has 0 saturated carbocycles. The summed E-state index contributed by atoms with van der Waals surface area (Å²) in [6.45, 7) is 0. The number of sulfonamides is 1. The van der Waals surface area contributed by atoms with E-state index in [9.17, 15) is 13.5 Å². The summed E-state index contributed by atoms with van der Waals surface area (Å²) in [5.74, 6) is -0.322. The highest BCUT2D eigenvalue weighted by molar-refractivity contribution is 9.10. The molecule has 9 heteroatoms. The molecule has 0 amide bonds. The van der Waals surface area contributed by atoms with Gasteiger partial charge in [-0.1, -0.05) is 27.5 Å². The molecule has 0 atom stereocenters. The summed E-state index contributed by atoms with van der Waals surface area (Å²) in [6, 6.07) is 4.08. The maximum Gasteiger partial charge on any atom is 0.266 e. The molecule has 2 aromatic rings. The monoisotopic (exact) mass is 351 g/mol. The molecule has 0 bridgehead atoms. The summed E-state index contributed by atoms with van der Waals surface area (Å²) >= 11 is 8.82. The Morgan fingerprint density at radius 1 is 1.44 bits per heavy atom. The first-order valence-electron chi connectivity index (χ1n) is 4.60. The Morgan fingerprint density at radius 3 is 2.78 bits per heavy atom. The van der Waals surface area contributed by atoms with E-state index < -0.39 is 15.8 Å². The molecule has 1 aromatic carbocycles. The molecule has 0 unspecified atom stereocenters. The van der Waals surface area contributed by atoms with E-state index >= 15 is 0 Å². The van der Waals surface area contributed by atoms with Crippen molar-refractivity contribution in [3.8, 4) is 5.75 Å². The van der Waals surface area contributed by atoms with Crippen molar-refractivity contribution in [2.24, 2.45) is 0 Å². The molecule has 0 aliphatic carbocycles. The number of phenolic OH excluding ortho intramolecular Hbond substituents is 1. The average molecular weight is 353 g/mol. The SMILES string of the molecule is O=S(=O)(Nc1ccn[nH]1)c1cc(Br)cc(Cl)c1O. The van der Waals surface area contributed by atoms with Crippen LogP contribution in [-0.2, 0) is 10.0 Å². The number of aromatic hydroxyl groups is 1. The van der Waals surface area contributed by atoms with Crippen molar-refractivity contribution in [1.82, 2.24) is 10.2 Å². The third-order valence-electron chi connectivity index (χ3n) is 2.03. The van der Waals surface area contributed by atoms with Crippen LogP contribution in [0.4, 0.5) is 5.82 Å². The van der Waals surface area contributed by atoms with Crippen LogP contribution < -0.4 is 4.72 Å². The number of H-pyrrole nitrogens is 1. The van der Waals surface area contributed by atoms with Crippen LogP contribution in [0.1, 0.15) is 0 Å². The fraction of sp³-hybridized carbons (Fsp3) is 0. The van der Waals surface area contributed by atoms with Crippen LogP contribution in [0.3, 0.4) is 0 Å². The van der Waals surface area contributed by atoms with Crippen molar-refractivity contribution in [3.63, 3.8) is 0 Å². The molecule has 96 valence electrons. The predicted molar refractivity (Wildman–Crippen MR) is 70.2 cm³/mol. The quantitative estimate of drug-likeness (QED) is 0.790. The Morgan fingerprint density at radius 2 is 2.17 bits per heavy atom. The molecule has 0 saturated heterocycles. The van der Waals surface area contributed by atoms with Gasteiger partial charge in [0.2, 0.25) is 0 Å². The number of phenols is 1.